The smallest absolute Gasteiger partial charge is 0.211 e. The first kappa shape index (κ1) is 12.7. The van der Waals surface area contributed by atoms with E-state index in [1.165, 1.54) is 35.9 Å². The van der Waals surface area contributed by atoms with Crippen LogP contribution in [0.15, 0.2) is 30.5 Å². The van der Waals surface area contributed by atoms with E-state index in [4.69, 9.17) is 0 Å². The summed E-state index contributed by atoms with van der Waals surface area (Å²) in [6.45, 7) is 2.31. The van der Waals surface area contributed by atoms with Crippen molar-refractivity contribution in [2.45, 2.75) is 25.3 Å². The van der Waals surface area contributed by atoms with Gasteiger partial charge in [-0.25, -0.2) is 0 Å². The highest BCUT2D eigenvalue weighted by Gasteiger charge is 2.28. The number of hydrogen-bond acceptors (Lipinski definition) is 2. The van der Waals surface area contributed by atoms with Crippen molar-refractivity contribution in [2.75, 3.05) is 18.4 Å². The highest BCUT2D eigenvalue weighted by Crippen LogP contribution is 2.35. The SMILES string of the molecule is O=CNc1ccc2[nH]cc(C3=CCN4CCCC4C3)c2c1. The van der Waals surface area contributed by atoms with Crippen LogP contribution in [0.5, 0.6) is 0 Å². The Labute approximate surface area is 123 Å². The second kappa shape index (κ2) is 5.04. The van der Waals surface area contributed by atoms with Crippen molar-refractivity contribution >= 4 is 28.6 Å². The van der Waals surface area contributed by atoms with Crippen LogP contribution >= 0.6 is 0 Å². The van der Waals surface area contributed by atoms with Crippen LogP contribution in [0.1, 0.15) is 24.8 Å². The number of carbonyl (C=O) groups excluding carboxylic acids is 1. The minimum atomic E-state index is 0.714. The second-order valence-corrected chi connectivity index (χ2v) is 5.95. The van der Waals surface area contributed by atoms with E-state index < -0.39 is 0 Å². The largest absolute Gasteiger partial charge is 0.361 e. The summed E-state index contributed by atoms with van der Waals surface area (Å²) in [4.78, 5) is 16.5. The molecule has 108 valence electrons. The lowest BCUT2D eigenvalue weighted by Gasteiger charge is -2.29. The zero-order valence-electron chi connectivity index (χ0n) is 11.9. The monoisotopic (exact) mass is 281 g/mol. The zero-order chi connectivity index (χ0) is 14.2. The Hall–Kier alpha value is -2.07. The number of carbonyl (C=O) groups is 1. The van der Waals surface area contributed by atoms with Gasteiger partial charge in [-0.3, -0.25) is 9.69 Å². The van der Waals surface area contributed by atoms with Gasteiger partial charge in [0.1, 0.15) is 0 Å². The van der Waals surface area contributed by atoms with Gasteiger partial charge in [-0.15, -0.1) is 0 Å². The lowest BCUT2D eigenvalue weighted by molar-refractivity contribution is -0.105. The highest BCUT2D eigenvalue weighted by atomic mass is 16.1. The van der Waals surface area contributed by atoms with E-state index in [0.29, 0.717) is 6.04 Å². The van der Waals surface area contributed by atoms with Gasteiger partial charge in [0, 0.05) is 40.9 Å². The molecular weight excluding hydrogens is 262 g/mol. The van der Waals surface area contributed by atoms with E-state index in [1.807, 2.05) is 12.1 Å². The summed E-state index contributed by atoms with van der Waals surface area (Å²) in [5, 5.41) is 3.93. The molecule has 4 rings (SSSR count). The summed E-state index contributed by atoms with van der Waals surface area (Å²) >= 11 is 0. The molecule has 1 unspecified atom stereocenters. The van der Waals surface area contributed by atoms with Gasteiger partial charge < -0.3 is 10.3 Å². The molecule has 2 aromatic rings. The van der Waals surface area contributed by atoms with Crippen LogP contribution in [-0.2, 0) is 4.79 Å². The lowest BCUT2D eigenvalue weighted by atomic mass is 9.94. The molecular formula is C17H19N3O. The predicted octanol–water partition coefficient (Wildman–Crippen LogP) is 2.99. The normalized spacial score (nSPS) is 22.1. The molecule has 4 heteroatoms. The van der Waals surface area contributed by atoms with E-state index >= 15 is 0 Å². The third-order valence-electron chi connectivity index (χ3n) is 4.78. The molecule has 0 aliphatic carbocycles. The summed E-state index contributed by atoms with van der Waals surface area (Å²) in [5.74, 6) is 0. The molecule has 4 nitrogen and oxygen atoms in total. The Bertz CT molecular complexity index is 716. The molecule has 1 fully saturated rings. The zero-order valence-corrected chi connectivity index (χ0v) is 11.9. The summed E-state index contributed by atoms with van der Waals surface area (Å²) < 4.78 is 0. The van der Waals surface area contributed by atoms with Crippen molar-refractivity contribution in [3.63, 3.8) is 0 Å². The van der Waals surface area contributed by atoms with Crippen molar-refractivity contribution < 1.29 is 4.79 Å². The maximum absolute atomic E-state index is 10.6. The van der Waals surface area contributed by atoms with E-state index in [0.717, 1.165) is 30.6 Å². The second-order valence-electron chi connectivity index (χ2n) is 5.95. The van der Waals surface area contributed by atoms with E-state index in [2.05, 4.69) is 33.5 Å². The van der Waals surface area contributed by atoms with Gasteiger partial charge in [0.05, 0.1) is 0 Å². The number of aromatic nitrogens is 1. The summed E-state index contributed by atoms with van der Waals surface area (Å²) in [6, 6.07) is 6.71. The lowest BCUT2D eigenvalue weighted by Crippen LogP contribution is -2.32. The summed E-state index contributed by atoms with van der Waals surface area (Å²) in [7, 11) is 0. The number of H-pyrrole nitrogens is 1. The highest BCUT2D eigenvalue weighted by molar-refractivity contribution is 5.95. The van der Waals surface area contributed by atoms with Crippen LogP contribution in [0.25, 0.3) is 16.5 Å². The van der Waals surface area contributed by atoms with Crippen LogP contribution in [0.3, 0.4) is 0 Å². The quantitative estimate of drug-likeness (QED) is 0.850. The number of amides is 1. The first-order valence-corrected chi connectivity index (χ1v) is 7.60. The number of hydrogen-bond donors (Lipinski definition) is 2. The molecule has 0 radical (unpaired) electrons. The maximum atomic E-state index is 10.6. The molecule has 21 heavy (non-hydrogen) atoms. The minimum Gasteiger partial charge on any atom is -0.361 e. The van der Waals surface area contributed by atoms with E-state index in [9.17, 15) is 4.79 Å². The minimum absolute atomic E-state index is 0.714. The third kappa shape index (κ3) is 2.16. The van der Waals surface area contributed by atoms with Crippen LogP contribution in [0.2, 0.25) is 0 Å². The van der Waals surface area contributed by atoms with Crippen LogP contribution in [0.4, 0.5) is 5.69 Å². The van der Waals surface area contributed by atoms with Gasteiger partial charge in [-0.1, -0.05) is 6.08 Å². The average Bonchev–Trinajstić information content (AvgIpc) is 3.12. The van der Waals surface area contributed by atoms with Gasteiger partial charge in [-0.2, -0.15) is 0 Å². The van der Waals surface area contributed by atoms with Crippen molar-refractivity contribution in [1.82, 2.24) is 9.88 Å². The Balaban J connectivity index is 1.72. The predicted molar refractivity (Wildman–Crippen MR) is 85.2 cm³/mol. The first-order chi connectivity index (χ1) is 10.3. The Kier molecular flexibility index (Phi) is 3.04. The Morgan fingerprint density at radius 1 is 1.38 bits per heavy atom. The van der Waals surface area contributed by atoms with E-state index in [1.54, 1.807) is 0 Å². The molecule has 0 bridgehead atoms. The number of nitrogens with one attached hydrogen (secondary N) is 2. The van der Waals surface area contributed by atoms with Gasteiger partial charge in [-0.05, 0) is 49.6 Å². The van der Waals surface area contributed by atoms with Crippen molar-refractivity contribution in [3.8, 4) is 0 Å². The van der Waals surface area contributed by atoms with Gasteiger partial charge >= 0.3 is 0 Å². The summed E-state index contributed by atoms with van der Waals surface area (Å²) in [5.41, 5.74) is 4.69. The van der Waals surface area contributed by atoms with Gasteiger partial charge in [0.15, 0.2) is 0 Å². The number of nitrogens with zero attached hydrogens (tertiary/aromatic N) is 1. The average molecular weight is 281 g/mol. The van der Waals surface area contributed by atoms with E-state index in [-0.39, 0.29) is 0 Å². The number of rotatable bonds is 3. The van der Waals surface area contributed by atoms with Crippen LogP contribution < -0.4 is 5.32 Å². The fraction of sp³-hybridized carbons (Fsp3) is 0.353. The van der Waals surface area contributed by atoms with Gasteiger partial charge in [0.25, 0.3) is 0 Å². The molecule has 1 atom stereocenters. The van der Waals surface area contributed by atoms with Crippen molar-refractivity contribution in [3.05, 3.63) is 36.0 Å². The molecule has 2 N–H and O–H groups in total. The maximum Gasteiger partial charge on any atom is 0.211 e. The molecule has 1 saturated heterocycles. The molecule has 2 aliphatic rings. The molecule has 2 aliphatic heterocycles. The number of benzene rings is 1. The fourth-order valence-corrected chi connectivity index (χ4v) is 3.70. The number of aromatic amines is 1. The topological polar surface area (TPSA) is 48.1 Å². The number of fused-ring (bicyclic) bond motifs is 2. The standard InChI is InChI=1S/C17H19N3O/c21-11-19-13-3-4-17-15(9-13)16(10-18-17)12-5-7-20-6-1-2-14(20)8-12/h3-5,9-11,14,18H,1-2,6-8H2,(H,19,21). The Morgan fingerprint density at radius 2 is 2.33 bits per heavy atom. The fourth-order valence-electron chi connectivity index (χ4n) is 3.70. The third-order valence-corrected chi connectivity index (χ3v) is 4.78. The summed E-state index contributed by atoms with van der Waals surface area (Å²) in [6.07, 6.45) is 8.98. The molecule has 0 spiro atoms. The van der Waals surface area contributed by atoms with Gasteiger partial charge in [0.2, 0.25) is 6.41 Å². The molecule has 1 aromatic carbocycles. The Morgan fingerprint density at radius 3 is 3.24 bits per heavy atom. The molecule has 0 saturated carbocycles. The molecule has 3 heterocycles. The number of anilines is 1. The van der Waals surface area contributed by atoms with Crippen LogP contribution in [-0.4, -0.2) is 35.4 Å². The van der Waals surface area contributed by atoms with Crippen molar-refractivity contribution in [1.29, 1.82) is 0 Å². The van der Waals surface area contributed by atoms with Crippen molar-refractivity contribution in [2.24, 2.45) is 0 Å². The van der Waals surface area contributed by atoms with Crippen LogP contribution in [0, 0.1) is 0 Å². The molecule has 1 aromatic heterocycles. The first-order valence-electron chi connectivity index (χ1n) is 7.60. The molecule has 1 amide bonds.